The highest BCUT2D eigenvalue weighted by atomic mass is 16.2. The van der Waals surface area contributed by atoms with Crippen molar-refractivity contribution in [2.24, 2.45) is 11.7 Å². The number of nitrogens with two attached hydrogens (primary N) is 2. The van der Waals surface area contributed by atoms with Gasteiger partial charge < -0.3 is 0 Å². The lowest BCUT2D eigenvalue weighted by atomic mass is 11.1. The fraction of sp³-hybridized carbons (Fsp3) is 0. The molecule has 0 heterocycles. The molecule has 3 amide bonds. The van der Waals surface area contributed by atoms with Gasteiger partial charge in [0.2, 0.25) is 6.41 Å². The Kier molecular flexibility index (Phi) is 3.87. The van der Waals surface area contributed by atoms with Crippen LogP contribution >= 0.6 is 0 Å². The monoisotopic (exact) mass is 148 g/mol. The molecule has 0 saturated heterocycles. The fourth-order valence-corrected chi connectivity index (χ4v) is 0.216. The molecule has 0 aliphatic rings. The largest absolute Gasteiger partial charge is 0.362 e. The molecule has 0 aliphatic heterocycles. The van der Waals surface area contributed by atoms with Crippen LogP contribution in [0.1, 0.15) is 0 Å². The van der Waals surface area contributed by atoms with Gasteiger partial charge in [0.25, 0.3) is 0 Å². The zero-order chi connectivity index (χ0) is 7.98. The van der Waals surface area contributed by atoms with Crippen LogP contribution in [0.4, 0.5) is 4.79 Å². The summed E-state index contributed by atoms with van der Waals surface area (Å²) in [6.07, 6.45) is 0.309. The molecule has 10 heavy (non-hydrogen) atoms. The Bertz CT molecular complexity index is 125. The first-order valence-corrected chi connectivity index (χ1v) is 2.22. The third kappa shape index (κ3) is 2.81. The van der Waals surface area contributed by atoms with E-state index in [2.05, 4.69) is 5.84 Å². The molecule has 0 spiro atoms. The minimum Gasteiger partial charge on any atom is -0.277 e. The van der Waals surface area contributed by atoms with Crippen molar-refractivity contribution in [1.29, 1.82) is 0 Å². The Morgan fingerprint density at radius 2 is 2.20 bits per heavy atom. The Morgan fingerprint density at radius 1 is 1.60 bits per heavy atom. The first-order valence-electron chi connectivity index (χ1n) is 2.22. The molecule has 0 atom stereocenters. The minimum absolute atomic E-state index is 0.309. The van der Waals surface area contributed by atoms with Crippen molar-refractivity contribution < 1.29 is 9.59 Å². The van der Waals surface area contributed by atoms with Crippen molar-refractivity contribution >= 4 is 12.4 Å². The first kappa shape index (κ1) is 8.62. The lowest BCUT2D eigenvalue weighted by Crippen LogP contribution is -2.58. The number of carbonyl (C=O) groups excluding carboxylic acids is 2. The predicted molar refractivity (Wildman–Crippen MR) is 31.1 cm³/mol. The highest BCUT2D eigenvalue weighted by molar-refractivity contribution is 5.72. The van der Waals surface area contributed by atoms with E-state index >= 15 is 0 Å². The number of nitrogens with zero attached hydrogens (tertiary/aromatic N) is 1. The summed E-state index contributed by atoms with van der Waals surface area (Å²) in [5.74, 6) is 9.59. The van der Waals surface area contributed by atoms with Gasteiger partial charge in [0.15, 0.2) is 0 Å². The van der Waals surface area contributed by atoms with Crippen LogP contribution in [0.2, 0.25) is 0 Å². The molecule has 0 radical (unpaired) electrons. The zero-order valence-electron chi connectivity index (χ0n) is 5.00. The van der Waals surface area contributed by atoms with Crippen molar-refractivity contribution in [1.82, 2.24) is 21.5 Å². The van der Waals surface area contributed by atoms with Gasteiger partial charge >= 0.3 is 6.03 Å². The normalized spacial score (nSPS) is 8.20. The molecule has 8 nitrogen and oxygen atoms in total. The Labute approximate surface area is 56.4 Å². The highest BCUT2D eigenvalue weighted by Gasteiger charge is 2.03. The molecule has 0 fully saturated rings. The quantitative estimate of drug-likeness (QED) is 0.125. The molecule has 58 valence electrons. The van der Waals surface area contributed by atoms with Crippen molar-refractivity contribution in [3.8, 4) is 0 Å². The van der Waals surface area contributed by atoms with E-state index in [1.54, 1.807) is 5.43 Å². The number of nitrogens with one attached hydrogen (secondary N) is 3. The molecular formula is C2H8N6O2. The summed E-state index contributed by atoms with van der Waals surface area (Å²) < 4.78 is 0. The van der Waals surface area contributed by atoms with Crippen molar-refractivity contribution in [2.75, 3.05) is 0 Å². The topological polar surface area (TPSA) is 126 Å². The van der Waals surface area contributed by atoms with Crippen LogP contribution in [0.5, 0.6) is 0 Å². The standard InChI is InChI=1S/C2H8N6O2/c3-6-2(10)8(4)7-5-1-9/h1,7H,3-4H2,(H,5,9)(H,6,10). The summed E-state index contributed by atoms with van der Waals surface area (Å²) in [4.78, 5) is 20.0. The predicted octanol–water partition coefficient (Wildman–Crippen LogP) is -3.09. The van der Waals surface area contributed by atoms with E-state index in [0.29, 0.717) is 11.5 Å². The van der Waals surface area contributed by atoms with Gasteiger partial charge in [-0.15, -0.1) is 5.53 Å². The maximum absolute atomic E-state index is 10.4. The van der Waals surface area contributed by atoms with E-state index in [4.69, 9.17) is 5.84 Å². The Balaban J connectivity index is 3.50. The third-order valence-corrected chi connectivity index (χ3v) is 0.586. The number of hydrazine groups is 4. The molecule has 0 aromatic rings. The van der Waals surface area contributed by atoms with Crippen LogP contribution in [-0.2, 0) is 4.79 Å². The Hall–Kier alpha value is -1.38. The molecule has 7 N–H and O–H groups in total. The maximum atomic E-state index is 10.4. The van der Waals surface area contributed by atoms with Gasteiger partial charge in [0.05, 0.1) is 0 Å². The summed E-state index contributed by atoms with van der Waals surface area (Å²) in [6.45, 7) is 0. The van der Waals surface area contributed by atoms with Gasteiger partial charge in [-0.3, -0.25) is 15.6 Å². The van der Waals surface area contributed by atoms with Crippen LogP contribution in [0.25, 0.3) is 0 Å². The van der Waals surface area contributed by atoms with E-state index in [0.717, 1.165) is 0 Å². The van der Waals surface area contributed by atoms with Crippen LogP contribution < -0.4 is 28.1 Å². The van der Waals surface area contributed by atoms with Gasteiger partial charge in [-0.05, 0) is 0 Å². The van der Waals surface area contributed by atoms with E-state index in [1.807, 2.05) is 11.0 Å². The van der Waals surface area contributed by atoms with Crippen LogP contribution in [0.3, 0.4) is 0 Å². The maximum Gasteiger partial charge on any atom is 0.362 e. The lowest BCUT2D eigenvalue weighted by Gasteiger charge is -2.14. The SMILES string of the molecule is NNC(=O)N(N)NNC=O. The average Bonchev–Trinajstić information content (AvgIpc) is 1.98. The smallest absolute Gasteiger partial charge is 0.277 e. The van der Waals surface area contributed by atoms with Gasteiger partial charge in [-0.1, -0.05) is 0 Å². The van der Waals surface area contributed by atoms with Crippen LogP contribution in [-0.4, -0.2) is 17.6 Å². The molecular weight excluding hydrogens is 140 g/mol. The zero-order valence-corrected chi connectivity index (χ0v) is 5.00. The summed E-state index contributed by atoms with van der Waals surface area (Å²) in [6, 6.07) is -0.783. The summed E-state index contributed by atoms with van der Waals surface area (Å²) in [5.41, 5.74) is 5.62. The number of hydrogen-bond acceptors (Lipinski definition) is 5. The first-order chi connectivity index (χ1) is 4.72. The molecule has 0 unspecified atom stereocenters. The second kappa shape index (κ2) is 4.49. The second-order valence-electron chi connectivity index (χ2n) is 1.19. The summed E-state index contributed by atoms with van der Waals surface area (Å²) in [5, 5.41) is 0.467. The number of hydrogen-bond donors (Lipinski definition) is 5. The van der Waals surface area contributed by atoms with E-state index in [-0.39, 0.29) is 0 Å². The number of rotatable bonds is 3. The molecule has 0 aromatic carbocycles. The molecule has 0 aromatic heterocycles. The highest BCUT2D eigenvalue weighted by Crippen LogP contribution is 1.64. The molecule has 0 aliphatic carbocycles. The molecule has 8 heteroatoms. The lowest BCUT2D eigenvalue weighted by molar-refractivity contribution is -0.111. The van der Waals surface area contributed by atoms with Gasteiger partial charge in [-0.2, -0.15) is 5.12 Å². The van der Waals surface area contributed by atoms with E-state index < -0.39 is 6.03 Å². The third-order valence-electron chi connectivity index (χ3n) is 0.586. The summed E-state index contributed by atoms with van der Waals surface area (Å²) in [7, 11) is 0. The van der Waals surface area contributed by atoms with Crippen molar-refractivity contribution in [2.45, 2.75) is 0 Å². The minimum atomic E-state index is -0.783. The van der Waals surface area contributed by atoms with Crippen LogP contribution in [0, 0.1) is 0 Å². The summed E-state index contributed by atoms with van der Waals surface area (Å²) >= 11 is 0. The fourth-order valence-electron chi connectivity index (χ4n) is 0.216. The van der Waals surface area contributed by atoms with Gasteiger partial charge in [0.1, 0.15) is 0 Å². The van der Waals surface area contributed by atoms with Crippen molar-refractivity contribution in [3.05, 3.63) is 0 Å². The number of amides is 3. The van der Waals surface area contributed by atoms with E-state index in [1.165, 1.54) is 0 Å². The van der Waals surface area contributed by atoms with E-state index in [9.17, 15) is 9.59 Å². The van der Waals surface area contributed by atoms with Crippen molar-refractivity contribution in [3.63, 3.8) is 0 Å². The molecule has 0 rings (SSSR count). The second-order valence-corrected chi connectivity index (χ2v) is 1.19. The molecule has 0 saturated carbocycles. The molecule has 0 bridgehead atoms. The van der Waals surface area contributed by atoms with Gasteiger partial charge in [0, 0.05) is 0 Å². The average molecular weight is 148 g/mol. The Morgan fingerprint density at radius 3 is 2.60 bits per heavy atom. The van der Waals surface area contributed by atoms with Gasteiger partial charge in [-0.25, -0.2) is 16.5 Å². The number of urea groups is 1. The number of carbonyl (C=O) groups is 2. The van der Waals surface area contributed by atoms with Crippen LogP contribution in [0.15, 0.2) is 0 Å².